The van der Waals surface area contributed by atoms with Crippen LogP contribution in [0.15, 0.2) is 70.0 Å². The summed E-state index contributed by atoms with van der Waals surface area (Å²) in [7, 11) is 1.72. The Balaban J connectivity index is 1.54. The fourth-order valence-corrected chi connectivity index (χ4v) is 4.40. The van der Waals surface area contributed by atoms with E-state index in [1.807, 2.05) is 49.0 Å². The van der Waals surface area contributed by atoms with Gasteiger partial charge in [-0.1, -0.05) is 12.1 Å². The van der Waals surface area contributed by atoms with Crippen molar-refractivity contribution < 1.29 is 9.13 Å². The maximum absolute atomic E-state index is 13.6. The molecule has 3 N–H and O–H groups in total. The van der Waals surface area contributed by atoms with E-state index in [-0.39, 0.29) is 11.9 Å². The van der Waals surface area contributed by atoms with Crippen LogP contribution >= 0.6 is 0 Å². The molecule has 0 saturated carbocycles. The number of anilines is 1. The van der Waals surface area contributed by atoms with E-state index in [1.165, 1.54) is 12.1 Å². The molecule has 3 aromatic rings. The molecule has 8 nitrogen and oxygen atoms in total. The van der Waals surface area contributed by atoms with Crippen LogP contribution in [0.1, 0.15) is 32.3 Å². The summed E-state index contributed by atoms with van der Waals surface area (Å²) in [5, 5.41) is 15.7. The van der Waals surface area contributed by atoms with Crippen molar-refractivity contribution in [2.75, 3.05) is 32.1 Å². The highest BCUT2D eigenvalue weighted by Crippen LogP contribution is 2.22. The summed E-state index contributed by atoms with van der Waals surface area (Å²) >= 11 is 0. The lowest BCUT2D eigenvalue weighted by atomic mass is 10.1. The number of amidine groups is 1. The second-order valence-corrected chi connectivity index (χ2v) is 8.91. The van der Waals surface area contributed by atoms with Crippen molar-refractivity contribution in [1.82, 2.24) is 14.8 Å². The summed E-state index contributed by atoms with van der Waals surface area (Å²) in [6.45, 7) is 6.47. The van der Waals surface area contributed by atoms with E-state index in [1.54, 1.807) is 19.4 Å². The normalized spacial score (nSPS) is 17.3. The van der Waals surface area contributed by atoms with Crippen LogP contribution in [-0.4, -0.2) is 59.7 Å². The number of halogens is 1. The average Bonchev–Trinajstić information content (AvgIpc) is 3.46. The van der Waals surface area contributed by atoms with E-state index in [9.17, 15) is 4.39 Å². The third-order valence-electron chi connectivity index (χ3n) is 6.16. The summed E-state index contributed by atoms with van der Waals surface area (Å²) in [4.78, 5) is 4.67. The molecular weight excluding hydrogens is 457 g/mol. The lowest BCUT2D eigenvalue weighted by Gasteiger charge is -2.21. The summed E-state index contributed by atoms with van der Waals surface area (Å²) in [6, 6.07) is 12.8. The van der Waals surface area contributed by atoms with Crippen LogP contribution in [0.5, 0.6) is 0 Å². The highest BCUT2D eigenvalue weighted by Gasteiger charge is 2.23. The monoisotopic (exact) mass is 491 g/mol. The molecule has 0 radical (unpaired) electrons. The Morgan fingerprint density at radius 3 is 2.92 bits per heavy atom. The van der Waals surface area contributed by atoms with Crippen molar-refractivity contribution in [2.24, 2.45) is 15.8 Å². The molecule has 0 bridgehead atoms. The minimum absolute atomic E-state index is 0.250. The number of aromatic nitrogens is 2. The first-order chi connectivity index (χ1) is 17.5. The van der Waals surface area contributed by atoms with Gasteiger partial charge in [-0.2, -0.15) is 10.2 Å². The van der Waals surface area contributed by atoms with Crippen molar-refractivity contribution in [2.45, 2.75) is 39.3 Å². The molecule has 1 aliphatic rings. The van der Waals surface area contributed by atoms with Crippen LogP contribution in [-0.2, 0) is 11.3 Å². The van der Waals surface area contributed by atoms with E-state index in [0.29, 0.717) is 31.2 Å². The standard InChI is InChI=1S/C27H34FN7O/c1-4-30-27(25(19(2)29)16-32-34-12-6-9-24(34)18-36-3)33-23-10-11-26-21(14-23)15-31-35(26)17-20-7-5-8-22(28)13-20/h5,7-8,10-11,13-16,24H,4,6,9,12,17-18,29H2,1-3H3,(H,30,33)/b25-19+,32-16+/t24-/m0/s1. The Morgan fingerprint density at radius 2 is 2.17 bits per heavy atom. The molecule has 1 aromatic heterocycles. The van der Waals surface area contributed by atoms with Crippen LogP contribution in [0.25, 0.3) is 10.9 Å². The molecule has 36 heavy (non-hydrogen) atoms. The molecule has 0 unspecified atom stereocenters. The number of allylic oxidation sites excluding steroid dienone is 1. The topological polar surface area (TPSA) is 93.1 Å². The van der Waals surface area contributed by atoms with Crippen molar-refractivity contribution in [3.05, 3.63) is 71.3 Å². The van der Waals surface area contributed by atoms with Gasteiger partial charge in [-0.05, 0) is 62.6 Å². The second-order valence-electron chi connectivity index (χ2n) is 8.91. The molecule has 0 spiro atoms. The zero-order chi connectivity index (χ0) is 25.5. The molecule has 1 aliphatic heterocycles. The van der Waals surface area contributed by atoms with Crippen LogP contribution in [0.2, 0.25) is 0 Å². The third kappa shape index (κ3) is 6.09. The van der Waals surface area contributed by atoms with Crippen molar-refractivity contribution in [1.29, 1.82) is 0 Å². The number of nitrogens with one attached hydrogen (secondary N) is 1. The number of benzene rings is 2. The van der Waals surface area contributed by atoms with E-state index < -0.39 is 0 Å². The zero-order valence-corrected chi connectivity index (χ0v) is 21.1. The Kier molecular flexibility index (Phi) is 8.32. The molecule has 9 heteroatoms. The number of methoxy groups -OCH3 is 1. The van der Waals surface area contributed by atoms with Crippen molar-refractivity contribution >= 4 is 28.6 Å². The maximum atomic E-state index is 13.6. The lowest BCUT2D eigenvalue weighted by Crippen LogP contribution is -2.29. The van der Waals surface area contributed by atoms with Crippen LogP contribution < -0.4 is 11.1 Å². The van der Waals surface area contributed by atoms with Crippen LogP contribution in [0.3, 0.4) is 0 Å². The molecule has 2 heterocycles. The molecule has 190 valence electrons. The number of nitrogens with zero attached hydrogens (tertiary/aromatic N) is 5. The first-order valence-corrected chi connectivity index (χ1v) is 12.3. The van der Waals surface area contributed by atoms with Gasteiger partial charge < -0.3 is 15.8 Å². The van der Waals surface area contributed by atoms with Gasteiger partial charge in [0.2, 0.25) is 0 Å². The summed E-state index contributed by atoms with van der Waals surface area (Å²) < 4.78 is 20.8. The summed E-state index contributed by atoms with van der Waals surface area (Å²) in [6.07, 6.45) is 5.76. The van der Waals surface area contributed by atoms with Crippen LogP contribution in [0.4, 0.5) is 10.1 Å². The SMILES string of the molecule is CCN=C(Nc1ccc2c(cnn2Cc2cccc(F)c2)c1)C(/C=N/N1CCC[C@H]1COC)=C(\C)N. The predicted octanol–water partition coefficient (Wildman–Crippen LogP) is 4.38. The zero-order valence-electron chi connectivity index (χ0n) is 21.1. The van der Waals surface area contributed by atoms with Gasteiger partial charge >= 0.3 is 0 Å². The third-order valence-corrected chi connectivity index (χ3v) is 6.16. The fourth-order valence-electron chi connectivity index (χ4n) is 4.40. The Morgan fingerprint density at radius 1 is 1.31 bits per heavy atom. The Bertz CT molecular complexity index is 1280. The van der Waals surface area contributed by atoms with Crippen molar-refractivity contribution in [3.63, 3.8) is 0 Å². The number of fused-ring (bicyclic) bond motifs is 1. The highest BCUT2D eigenvalue weighted by molar-refractivity contribution is 6.21. The molecule has 0 amide bonds. The predicted molar refractivity (Wildman–Crippen MR) is 144 cm³/mol. The van der Waals surface area contributed by atoms with E-state index in [4.69, 9.17) is 15.6 Å². The Labute approximate surface area is 211 Å². The minimum atomic E-state index is -0.250. The van der Waals surface area contributed by atoms with Gasteiger partial charge in [-0.3, -0.25) is 14.7 Å². The quantitative estimate of drug-likeness (QED) is 0.342. The van der Waals surface area contributed by atoms with E-state index >= 15 is 0 Å². The highest BCUT2D eigenvalue weighted by atomic mass is 19.1. The van der Waals surface area contributed by atoms with Crippen molar-refractivity contribution in [3.8, 4) is 0 Å². The molecule has 4 rings (SSSR count). The summed E-state index contributed by atoms with van der Waals surface area (Å²) in [5.74, 6) is 0.412. The van der Waals surface area contributed by atoms with E-state index in [0.717, 1.165) is 47.1 Å². The fraction of sp³-hybridized carbons (Fsp3) is 0.370. The molecule has 1 saturated heterocycles. The number of rotatable bonds is 9. The maximum Gasteiger partial charge on any atom is 0.136 e. The van der Waals surface area contributed by atoms with Gasteiger partial charge in [-0.25, -0.2) is 4.39 Å². The molecule has 0 aliphatic carbocycles. The van der Waals surface area contributed by atoms with Gasteiger partial charge in [0.25, 0.3) is 0 Å². The Hall–Kier alpha value is -3.72. The lowest BCUT2D eigenvalue weighted by molar-refractivity contribution is 0.118. The number of hydrazone groups is 1. The van der Waals surface area contributed by atoms with Gasteiger partial charge in [0, 0.05) is 37.0 Å². The average molecular weight is 492 g/mol. The summed E-state index contributed by atoms with van der Waals surface area (Å²) in [5.41, 5.74) is 10.3. The van der Waals surface area contributed by atoms with Gasteiger partial charge in [-0.15, -0.1) is 0 Å². The molecular formula is C27H34FN7O. The van der Waals surface area contributed by atoms with Crippen LogP contribution in [0, 0.1) is 5.82 Å². The molecule has 1 atom stereocenters. The molecule has 2 aromatic carbocycles. The second kappa shape index (κ2) is 11.8. The first-order valence-electron chi connectivity index (χ1n) is 12.3. The number of hydrogen-bond acceptors (Lipinski definition) is 6. The first kappa shape index (κ1) is 25.4. The van der Waals surface area contributed by atoms with Gasteiger partial charge in [0.1, 0.15) is 11.7 Å². The number of ether oxygens (including phenoxy) is 1. The number of hydrogen-bond donors (Lipinski definition) is 2. The molecule has 1 fully saturated rings. The number of nitrogens with two attached hydrogens (primary N) is 1. The minimum Gasteiger partial charge on any atom is -0.402 e. The largest absolute Gasteiger partial charge is 0.402 e. The smallest absolute Gasteiger partial charge is 0.136 e. The van der Waals surface area contributed by atoms with E-state index in [2.05, 4.69) is 20.4 Å². The van der Waals surface area contributed by atoms with Gasteiger partial charge in [0.05, 0.1) is 42.7 Å². The van der Waals surface area contributed by atoms with Gasteiger partial charge in [0.15, 0.2) is 0 Å². The number of aliphatic imine (C=N–C) groups is 1.